The fourth-order valence-corrected chi connectivity index (χ4v) is 3.12. The van der Waals surface area contributed by atoms with Gasteiger partial charge in [-0.05, 0) is 31.7 Å². The van der Waals surface area contributed by atoms with Gasteiger partial charge in [0.2, 0.25) is 5.56 Å². The maximum absolute atomic E-state index is 13.0. The van der Waals surface area contributed by atoms with Crippen molar-refractivity contribution in [3.8, 4) is 0 Å². The van der Waals surface area contributed by atoms with Crippen molar-refractivity contribution in [1.82, 2.24) is 20.2 Å². The number of aromatic amines is 1. The first-order valence-corrected chi connectivity index (χ1v) is 7.82. The third-order valence-corrected chi connectivity index (χ3v) is 4.27. The van der Waals surface area contributed by atoms with E-state index in [2.05, 4.69) is 15.3 Å². The van der Waals surface area contributed by atoms with Gasteiger partial charge in [0.15, 0.2) is 0 Å². The second-order valence-electron chi connectivity index (χ2n) is 6.20. The lowest BCUT2D eigenvalue weighted by Crippen LogP contribution is -2.32. The summed E-state index contributed by atoms with van der Waals surface area (Å²) in [5.74, 6) is -0.0331. The summed E-state index contributed by atoms with van der Waals surface area (Å²) in [5.41, 5.74) is 2.44. The average Bonchev–Trinajstić information content (AvgIpc) is 3.14. The maximum Gasteiger partial charge on any atom is 0.256 e. The van der Waals surface area contributed by atoms with Gasteiger partial charge in [-0.3, -0.25) is 9.59 Å². The molecule has 2 aromatic rings. The zero-order chi connectivity index (χ0) is 16.6. The quantitative estimate of drug-likeness (QED) is 0.937. The number of aromatic nitrogens is 3. The Morgan fingerprint density at radius 1 is 1.39 bits per heavy atom. The van der Waals surface area contributed by atoms with Crippen molar-refractivity contribution in [3.63, 3.8) is 0 Å². The second kappa shape index (κ2) is 5.98. The summed E-state index contributed by atoms with van der Waals surface area (Å²) in [6, 6.07) is 2.88. The van der Waals surface area contributed by atoms with Crippen LogP contribution in [0.4, 0.5) is 0 Å². The van der Waals surface area contributed by atoms with Gasteiger partial charge >= 0.3 is 0 Å². The van der Waals surface area contributed by atoms with Crippen LogP contribution in [0.15, 0.2) is 21.6 Å². The van der Waals surface area contributed by atoms with Gasteiger partial charge in [-0.2, -0.15) is 0 Å². The smallest absolute Gasteiger partial charge is 0.256 e. The molecule has 1 aliphatic heterocycles. The summed E-state index contributed by atoms with van der Waals surface area (Å²) in [6.45, 7) is 6.39. The molecule has 1 aliphatic rings. The SMILES string of the molecule is Cc1nonc1C1CCCN1C(=O)c1ccc(=O)[nH]c1C(C)C. The van der Waals surface area contributed by atoms with E-state index < -0.39 is 0 Å². The Hall–Kier alpha value is -2.44. The van der Waals surface area contributed by atoms with E-state index in [-0.39, 0.29) is 23.4 Å². The molecule has 0 saturated carbocycles. The Morgan fingerprint density at radius 2 is 2.17 bits per heavy atom. The Labute approximate surface area is 133 Å². The van der Waals surface area contributed by atoms with Crippen LogP contribution >= 0.6 is 0 Å². The first-order chi connectivity index (χ1) is 11.0. The molecule has 0 radical (unpaired) electrons. The molecule has 3 heterocycles. The third kappa shape index (κ3) is 2.78. The fourth-order valence-electron chi connectivity index (χ4n) is 3.12. The van der Waals surface area contributed by atoms with Crippen LogP contribution in [0.2, 0.25) is 0 Å². The normalized spacial score (nSPS) is 17.9. The number of rotatable bonds is 3. The van der Waals surface area contributed by atoms with Crippen LogP contribution in [0, 0.1) is 6.92 Å². The molecule has 0 aliphatic carbocycles. The van der Waals surface area contributed by atoms with Crippen molar-refractivity contribution in [2.75, 3.05) is 6.54 Å². The highest BCUT2D eigenvalue weighted by Gasteiger charge is 2.35. The Bertz CT molecular complexity index is 778. The van der Waals surface area contributed by atoms with Gasteiger partial charge in [0.1, 0.15) is 11.4 Å². The minimum atomic E-state index is -0.195. The molecule has 3 rings (SSSR count). The van der Waals surface area contributed by atoms with Crippen LogP contribution in [0.25, 0.3) is 0 Å². The Kier molecular flexibility index (Phi) is 4.02. The highest BCUT2D eigenvalue weighted by Crippen LogP contribution is 2.34. The molecule has 0 spiro atoms. The van der Waals surface area contributed by atoms with Crippen LogP contribution in [0.1, 0.15) is 66.1 Å². The first kappa shape index (κ1) is 15.5. The lowest BCUT2D eigenvalue weighted by atomic mass is 10.0. The number of nitrogens with one attached hydrogen (secondary N) is 1. The number of H-pyrrole nitrogens is 1. The van der Waals surface area contributed by atoms with Crippen LogP contribution in [0.5, 0.6) is 0 Å². The minimum Gasteiger partial charge on any atom is -0.330 e. The van der Waals surface area contributed by atoms with Crippen molar-refractivity contribution < 1.29 is 9.42 Å². The van der Waals surface area contributed by atoms with E-state index in [1.54, 1.807) is 11.0 Å². The number of hydrogen-bond donors (Lipinski definition) is 1. The fraction of sp³-hybridized carbons (Fsp3) is 0.500. The summed E-state index contributed by atoms with van der Waals surface area (Å²) >= 11 is 0. The molecule has 1 N–H and O–H groups in total. The van der Waals surface area contributed by atoms with E-state index in [4.69, 9.17) is 4.63 Å². The molecule has 0 aromatic carbocycles. The molecule has 23 heavy (non-hydrogen) atoms. The molecule has 7 nitrogen and oxygen atoms in total. The van der Waals surface area contributed by atoms with E-state index >= 15 is 0 Å². The zero-order valence-electron chi connectivity index (χ0n) is 13.5. The molecule has 1 fully saturated rings. The van der Waals surface area contributed by atoms with Crippen LogP contribution in [-0.4, -0.2) is 32.6 Å². The summed E-state index contributed by atoms with van der Waals surface area (Å²) in [5, 5.41) is 7.77. The second-order valence-corrected chi connectivity index (χ2v) is 6.20. The summed E-state index contributed by atoms with van der Waals surface area (Å²) in [6.07, 6.45) is 1.74. The van der Waals surface area contributed by atoms with E-state index in [0.717, 1.165) is 12.8 Å². The largest absolute Gasteiger partial charge is 0.330 e. The zero-order valence-corrected chi connectivity index (χ0v) is 13.5. The van der Waals surface area contributed by atoms with E-state index in [0.29, 0.717) is 29.2 Å². The summed E-state index contributed by atoms with van der Waals surface area (Å²) in [4.78, 5) is 29.2. The standard InChI is InChI=1S/C16H20N4O3/c1-9(2)14-11(6-7-13(21)17-14)16(22)20-8-4-5-12(20)15-10(3)18-23-19-15/h6-7,9,12H,4-5,8H2,1-3H3,(H,17,21). The molecule has 0 bridgehead atoms. The van der Waals surface area contributed by atoms with Gasteiger partial charge < -0.3 is 9.88 Å². The maximum atomic E-state index is 13.0. The number of carbonyl (C=O) groups excluding carboxylic acids is 1. The molecule has 1 amide bonds. The predicted octanol–water partition coefficient (Wildman–Crippen LogP) is 2.17. The topological polar surface area (TPSA) is 92.1 Å². The average molecular weight is 316 g/mol. The minimum absolute atomic E-state index is 0.0550. The van der Waals surface area contributed by atoms with E-state index in [1.807, 2.05) is 20.8 Å². The lowest BCUT2D eigenvalue weighted by Gasteiger charge is -2.24. The Balaban J connectivity index is 1.97. The molecule has 122 valence electrons. The van der Waals surface area contributed by atoms with Crippen molar-refractivity contribution in [3.05, 3.63) is 45.1 Å². The molecular weight excluding hydrogens is 296 g/mol. The van der Waals surface area contributed by atoms with Gasteiger partial charge in [-0.25, -0.2) is 4.63 Å². The lowest BCUT2D eigenvalue weighted by molar-refractivity contribution is 0.0728. The molecular formula is C16H20N4O3. The number of nitrogens with zero attached hydrogens (tertiary/aromatic N) is 3. The van der Waals surface area contributed by atoms with Crippen LogP contribution in [0.3, 0.4) is 0 Å². The van der Waals surface area contributed by atoms with Gasteiger partial charge in [-0.15, -0.1) is 0 Å². The van der Waals surface area contributed by atoms with Crippen molar-refractivity contribution >= 4 is 5.91 Å². The van der Waals surface area contributed by atoms with Gasteiger partial charge in [0.05, 0.1) is 11.6 Å². The molecule has 2 aromatic heterocycles. The number of aryl methyl sites for hydroxylation is 1. The highest BCUT2D eigenvalue weighted by atomic mass is 16.6. The molecule has 1 unspecified atom stereocenters. The molecule has 7 heteroatoms. The number of amides is 1. The number of pyridine rings is 1. The molecule has 1 atom stereocenters. The number of likely N-dealkylation sites (tertiary alicyclic amines) is 1. The highest BCUT2D eigenvalue weighted by molar-refractivity contribution is 5.95. The van der Waals surface area contributed by atoms with E-state index in [1.165, 1.54) is 6.07 Å². The van der Waals surface area contributed by atoms with Crippen LogP contribution in [-0.2, 0) is 0 Å². The third-order valence-electron chi connectivity index (χ3n) is 4.27. The van der Waals surface area contributed by atoms with E-state index in [9.17, 15) is 9.59 Å². The summed E-state index contributed by atoms with van der Waals surface area (Å²) < 4.78 is 4.78. The van der Waals surface area contributed by atoms with Crippen LogP contribution < -0.4 is 5.56 Å². The van der Waals surface area contributed by atoms with Crippen molar-refractivity contribution in [2.24, 2.45) is 0 Å². The summed E-state index contributed by atoms with van der Waals surface area (Å²) in [7, 11) is 0. The molecule has 1 saturated heterocycles. The van der Waals surface area contributed by atoms with Crippen molar-refractivity contribution in [1.29, 1.82) is 0 Å². The van der Waals surface area contributed by atoms with Gasteiger partial charge in [-0.1, -0.05) is 24.2 Å². The van der Waals surface area contributed by atoms with Gasteiger partial charge in [0.25, 0.3) is 5.91 Å². The monoisotopic (exact) mass is 316 g/mol. The predicted molar refractivity (Wildman–Crippen MR) is 83.2 cm³/mol. The Morgan fingerprint density at radius 3 is 2.83 bits per heavy atom. The van der Waals surface area contributed by atoms with Crippen molar-refractivity contribution in [2.45, 2.75) is 45.6 Å². The number of carbonyl (C=O) groups is 1. The first-order valence-electron chi connectivity index (χ1n) is 7.82. The number of hydrogen-bond acceptors (Lipinski definition) is 5. The van der Waals surface area contributed by atoms with Gasteiger partial charge in [0, 0.05) is 18.3 Å².